The lowest BCUT2D eigenvalue weighted by molar-refractivity contribution is 0.578. The second kappa shape index (κ2) is 3.52. The van der Waals surface area contributed by atoms with Gasteiger partial charge >= 0.3 is 0 Å². The smallest absolute Gasteiger partial charge is 0.149 e. The molecule has 0 radical (unpaired) electrons. The molecule has 0 bridgehead atoms. The lowest BCUT2D eigenvalue weighted by Gasteiger charge is -2.17. The van der Waals surface area contributed by atoms with E-state index in [2.05, 4.69) is 0 Å². The molecule has 1 nitrogen and oxygen atoms in total. The Hall–Kier alpha value is -1.12. The summed E-state index contributed by atoms with van der Waals surface area (Å²) in [5.74, 6) is -1.03. The molecule has 1 rings (SSSR count). The van der Waals surface area contributed by atoms with Crippen molar-refractivity contribution in [2.45, 2.75) is 6.92 Å². The fraction of sp³-hybridized carbons (Fsp3) is 0.333. The molecule has 0 aromatic heterocycles. The molecule has 0 unspecified atom stereocenters. The normalized spacial score (nSPS) is 10.0. The van der Waals surface area contributed by atoms with Crippen molar-refractivity contribution in [1.29, 1.82) is 0 Å². The van der Waals surface area contributed by atoms with Crippen LogP contribution in [0.15, 0.2) is 18.2 Å². The number of anilines is 1. The molecule has 0 aliphatic rings. The van der Waals surface area contributed by atoms with Crippen LogP contribution in [0.25, 0.3) is 0 Å². The van der Waals surface area contributed by atoms with Crippen molar-refractivity contribution in [2.24, 2.45) is 0 Å². The predicted molar refractivity (Wildman–Crippen MR) is 45.3 cm³/mol. The van der Waals surface area contributed by atoms with E-state index < -0.39 is 11.6 Å². The molecule has 0 spiro atoms. The summed E-state index contributed by atoms with van der Waals surface area (Å²) in [7, 11) is 1.65. The number of hydrogen-bond acceptors (Lipinski definition) is 1. The summed E-state index contributed by atoms with van der Waals surface area (Å²) in [6.45, 7) is 2.42. The van der Waals surface area contributed by atoms with Crippen molar-refractivity contribution >= 4 is 5.69 Å². The summed E-state index contributed by atoms with van der Waals surface area (Å²) < 4.78 is 26.0. The maximum absolute atomic E-state index is 13.0. The van der Waals surface area contributed by atoms with Gasteiger partial charge in [-0.25, -0.2) is 8.78 Å². The lowest BCUT2D eigenvalue weighted by Crippen LogP contribution is -2.18. The molecule has 0 heterocycles. The van der Waals surface area contributed by atoms with Crippen LogP contribution in [0.2, 0.25) is 0 Å². The van der Waals surface area contributed by atoms with Gasteiger partial charge in [0.2, 0.25) is 0 Å². The maximum atomic E-state index is 13.0. The van der Waals surface area contributed by atoms with Crippen LogP contribution in [0.5, 0.6) is 0 Å². The minimum atomic E-state index is -0.514. The Balaban J connectivity index is 3.12. The summed E-state index contributed by atoms with van der Waals surface area (Å²) in [6.07, 6.45) is 0. The van der Waals surface area contributed by atoms with E-state index in [1.807, 2.05) is 6.92 Å². The first-order valence-corrected chi connectivity index (χ1v) is 3.82. The zero-order chi connectivity index (χ0) is 9.14. The van der Waals surface area contributed by atoms with Gasteiger partial charge in [-0.3, -0.25) is 0 Å². The van der Waals surface area contributed by atoms with Gasteiger partial charge in [0.25, 0.3) is 0 Å². The maximum Gasteiger partial charge on any atom is 0.149 e. The molecule has 12 heavy (non-hydrogen) atoms. The number of rotatable bonds is 2. The molecule has 0 aliphatic carbocycles. The zero-order valence-corrected chi connectivity index (χ0v) is 7.14. The molecule has 66 valence electrons. The molecule has 1 aromatic rings. The molecular formula is C9H11F2N. The zero-order valence-electron chi connectivity index (χ0n) is 7.14. The van der Waals surface area contributed by atoms with Crippen molar-refractivity contribution in [2.75, 3.05) is 18.5 Å². The van der Waals surface area contributed by atoms with Gasteiger partial charge in [-0.1, -0.05) is 6.07 Å². The molecular weight excluding hydrogens is 160 g/mol. The van der Waals surface area contributed by atoms with E-state index in [0.717, 1.165) is 0 Å². The second-order valence-electron chi connectivity index (χ2n) is 2.58. The Morgan fingerprint density at radius 1 is 1.25 bits per heavy atom. The minimum Gasteiger partial charge on any atom is -0.370 e. The number of halogens is 2. The molecule has 0 atom stereocenters. The third-order valence-electron chi connectivity index (χ3n) is 1.79. The second-order valence-corrected chi connectivity index (χ2v) is 2.58. The van der Waals surface area contributed by atoms with Crippen LogP contribution < -0.4 is 4.90 Å². The van der Waals surface area contributed by atoms with Crippen LogP contribution in [-0.4, -0.2) is 13.6 Å². The predicted octanol–water partition coefficient (Wildman–Crippen LogP) is 2.42. The van der Waals surface area contributed by atoms with Crippen molar-refractivity contribution in [3.05, 3.63) is 29.8 Å². The minimum absolute atomic E-state index is 0.0417. The van der Waals surface area contributed by atoms with Gasteiger partial charge in [0, 0.05) is 13.6 Å². The quantitative estimate of drug-likeness (QED) is 0.660. The van der Waals surface area contributed by atoms with E-state index in [-0.39, 0.29) is 5.69 Å². The van der Waals surface area contributed by atoms with Crippen molar-refractivity contribution in [3.63, 3.8) is 0 Å². The average Bonchev–Trinajstić information content (AvgIpc) is 2.03. The number of nitrogens with zero attached hydrogens (tertiary/aromatic N) is 1. The van der Waals surface area contributed by atoms with E-state index in [1.54, 1.807) is 7.05 Å². The summed E-state index contributed by atoms with van der Waals surface area (Å²) in [4.78, 5) is 1.53. The largest absolute Gasteiger partial charge is 0.370 e. The average molecular weight is 171 g/mol. The van der Waals surface area contributed by atoms with Gasteiger partial charge in [0.1, 0.15) is 17.3 Å². The molecule has 0 aliphatic heterocycles. The van der Waals surface area contributed by atoms with E-state index in [9.17, 15) is 8.78 Å². The van der Waals surface area contributed by atoms with E-state index in [0.29, 0.717) is 6.54 Å². The fourth-order valence-corrected chi connectivity index (χ4v) is 1.01. The van der Waals surface area contributed by atoms with Gasteiger partial charge in [0.15, 0.2) is 0 Å². The van der Waals surface area contributed by atoms with Crippen LogP contribution in [-0.2, 0) is 0 Å². The summed E-state index contributed by atoms with van der Waals surface area (Å²) in [5.41, 5.74) is 0.0417. The van der Waals surface area contributed by atoms with Crippen LogP contribution >= 0.6 is 0 Å². The first-order chi connectivity index (χ1) is 5.66. The highest BCUT2D eigenvalue weighted by atomic mass is 19.1. The molecule has 0 saturated heterocycles. The van der Waals surface area contributed by atoms with Gasteiger partial charge in [-0.15, -0.1) is 0 Å². The van der Waals surface area contributed by atoms with Crippen LogP contribution in [0.1, 0.15) is 6.92 Å². The highest BCUT2D eigenvalue weighted by Crippen LogP contribution is 2.21. The Morgan fingerprint density at radius 3 is 2.17 bits per heavy atom. The summed E-state index contributed by atoms with van der Waals surface area (Å²) in [6, 6.07) is 3.87. The number of hydrogen-bond donors (Lipinski definition) is 0. The van der Waals surface area contributed by atoms with E-state index in [1.165, 1.54) is 23.1 Å². The Morgan fingerprint density at radius 2 is 1.75 bits per heavy atom. The van der Waals surface area contributed by atoms with Gasteiger partial charge in [-0.05, 0) is 19.1 Å². The monoisotopic (exact) mass is 171 g/mol. The van der Waals surface area contributed by atoms with Crippen molar-refractivity contribution in [1.82, 2.24) is 0 Å². The summed E-state index contributed by atoms with van der Waals surface area (Å²) in [5, 5.41) is 0. The summed E-state index contributed by atoms with van der Waals surface area (Å²) >= 11 is 0. The van der Waals surface area contributed by atoms with Gasteiger partial charge in [-0.2, -0.15) is 0 Å². The Bertz CT molecular complexity index is 253. The number of benzene rings is 1. The highest BCUT2D eigenvalue weighted by molar-refractivity contribution is 5.48. The van der Waals surface area contributed by atoms with Gasteiger partial charge in [0.05, 0.1) is 0 Å². The Labute approximate surface area is 70.6 Å². The fourth-order valence-electron chi connectivity index (χ4n) is 1.01. The molecule has 0 N–H and O–H groups in total. The van der Waals surface area contributed by atoms with Gasteiger partial charge < -0.3 is 4.90 Å². The molecule has 3 heteroatoms. The first-order valence-electron chi connectivity index (χ1n) is 3.82. The van der Waals surface area contributed by atoms with Crippen molar-refractivity contribution < 1.29 is 8.78 Å². The van der Waals surface area contributed by atoms with Crippen LogP contribution in [0.3, 0.4) is 0 Å². The van der Waals surface area contributed by atoms with Crippen LogP contribution in [0, 0.1) is 11.6 Å². The standard InChI is InChI=1S/C9H11F2N/c1-3-12(2)9-7(10)5-4-6-8(9)11/h4-6H,3H2,1-2H3. The third-order valence-corrected chi connectivity index (χ3v) is 1.79. The number of para-hydroxylation sites is 1. The molecule has 0 fully saturated rings. The van der Waals surface area contributed by atoms with Crippen molar-refractivity contribution in [3.8, 4) is 0 Å². The van der Waals surface area contributed by atoms with Crippen LogP contribution in [0.4, 0.5) is 14.5 Å². The Kier molecular flexibility index (Phi) is 2.63. The SMILES string of the molecule is CCN(C)c1c(F)cccc1F. The lowest BCUT2D eigenvalue weighted by atomic mass is 10.2. The van der Waals surface area contributed by atoms with E-state index >= 15 is 0 Å². The van der Waals surface area contributed by atoms with E-state index in [4.69, 9.17) is 0 Å². The highest BCUT2D eigenvalue weighted by Gasteiger charge is 2.10. The molecule has 0 amide bonds. The topological polar surface area (TPSA) is 3.24 Å². The third kappa shape index (κ3) is 1.55. The first kappa shape index (κ1) is 8.97. The molecule has 1 aromatic carbocycles. The molecule has 0 saturated carbocycles.